The summed E-state index contributed by atoms with van der Waals surface area (Å²) in [5.41, 5.74) is 1.11. The van der Waals surface area contributed by atoms with Crippen LogP contribution in [0, 0.1) is 0 Å². The third-order valence-electron chi connectivity index (χ3n) is 4.05. The van der Waals surface area contributed by atoms with Crippen LogP contribution in [0.15, 0.2) is 24.3 Å². The fourth-order valence-corrected chi connectivity index (χ4v) is 2.57. The van der Waals surface area contributed by atoms with Crippen molar-refractivity contribution < 1.29 is 14.7 Å². The molecule has 0 aliphatic carbocycles. The molecule has 0 saturated carbocycles. The first-order valence-electron chi connectivity index (χ1n) is 7.56. The second kappa shape index (κ2) is 7.38. The third-order valence-corrected chi connectivity index (χ3v) is 4.05. The van der Waals surface area contributed by atoms with E-state index in [9.17, 15) is 14.7 Å². The topological polar surface area (TPSA) is 81.7 Å². The molecule has 2 rings (SSSR count). The van der Waals surface area contributed by atoms with Crippen LogP contribution >= 0.6 is 0 Å². The Bertz CT molecular complexity index is 539. The fourth-order valence-electron chi connectivity index (χ4n) is 2.57. The summed E-state index contributed by atoms with van der Waals surface area (Å²) in [5, 5.41) is 14.9. The van der Waals surface area contributed by atoms with Gasteiger partial charge in [-0.15, -0.1) is 0 Å². The van der Waals surface area contributed by atoms with E-state index >= 15 is 0 Å². The number of carbonyl (C=O) groups is 2. The SMILES string of the molecule is CNC(=O)c1cccc(NC(=O)C(C)N2CCC(O)CC2)c1. The Morgan fingerprint density at radius 3 is 2.64 bits per heavy atom. The number of anilines is 1. The Morgan fingerprint density at radius 1 is 1.32 bits per heavy atom. The zero-order valence-electron chi connectivity index (χ0n) is 13.0. The van der Waals surface area contributed by atoms with E-state index in [1.807, 2.05) is 6.92 Å². The average Bonchev–Trinajstić information content (AvgIpc) is 2.54. The van der Waals surface area contributed by atoms with Gasteiger partial charge in [0.25, 0.3) is 5.91 Å². The van der Waals surface area contributed by atoms with Crippen LogP contribution < -0.4 is 10.6 Å². The Balaban J connectivity index is 1.98. The van der Waals surface area contributed by atoms with Crippen molar-refractivity contribution in [2.45, 2.75) is 31.9 Å². The van der Waals surface area contributed by atoms with Gasteiger partial charge < -0.3 is 15.7 Å². The Kier molecular flexibility index (Phi) is 5.51. The summed E-state index contributed by atoms with van der Waals surface area (Å²) in [6.45, 7) is 3.29. The van der Waals surface area contributed by atoms with E-state index in [2.05, 4.69) is 15.5 Å². The first-order valence-corrected chi connectivity index (χ1v) is 7.56. The van der Waals surface area contributed by atoms with Gasteiger partial charge in [-0.05, 0) is 38.0 Å². The third kappa shape index (κ3) is 4.05. The second-order valence-corrected chi connectivity index (χ2v) is 5.59. The Hall–Kier alpha value is -1.92. The number of piperidine rings is 1. The van der Waals surface area contributed by atoms with Crippen molar-refractivity contribution in [2.24, 2.45) is 0 Å². The van der Waals surface area contributed by atoms with Crippen molar-refractivity contribution in [3.63, 3.8) is 0 Å². The molecule has 2 amide bonds. The van der Waals surface area contributed by atoms with Crippen LogP contribution in [0.3, 0.4) is 0 Å². The summed E-state index contributed by atoms with van der Waals surface area (Å²) in [5.74, 6) is -0.292. The highest BCUT2D eigenvalue weighted by atomic mass is 16.3. The Morgan fingerprint density at radius 2 is 2.00 bits per heavy atom. The molecule has 1 aromatic carbocycles. The zero-order valence-corrected chi connectivity index (χ0v) is 13.0. The summed E-state index contributed by atoms with van der Waals surface area (Å²) >= 11 is 0. The lowest BCUT2D eigenvalue weighted by Crippen LogP contribution is -2.47. The number of amides is 2. The minimum absolute atomic E-state index is 0.106. The van der Waals surface area contributed by atoms with E-state index in [-0.39, 0.29) is 24.0 Å². The van der Waals surface area contributed by atoms with Gasteiger partial charge in [-0.25, -0.2) is 0 Å². The van der Waals surface area contributed by atoms with Gasteiger partial charge in [0.05, 0.1) is 12.1 Å². The van der Waals surface area contributed by atoms with E-state index in [1.165, 1.54) is 0 Å². The number of nitrogens with zero attached hydrogens (tertiary/aromatic N) is 1. The van der Waals surface area contributed by atoms with Gasteiger partial charge >= 0.3 is 0 Å². The molecule has 1 aliphatic rings. The highest BCUT2D eigenvalue weighted by molar-refractivity contribution is 5.98. The number of carbonyl (C=O) groups excluding carboxylic acids is 2. The quantitative estimate of drug-likeness (QED) is 0.769. The molecule has 1 fully saturated rings. The molecule has 1 heterocycles. The predicted octanol–water partition coefficient (Wildman–Crippen LogP) is 0.830. The van der Waals surface area contributed by atoms with Crippen LogP contribution in [0.25, 0.3) is 0 Å². The molecule has 1 unspecified atom stereocenters. The smallest absolute Gasteiger partial charge is 0.251 e. The molecule has 120 valence electrons. The minimum Gasteiger partial charge on any atom is -0.393 e. The van der Waals surface area contributed by atoms with Crippen molar-refractivity contribution in [1.29, 1.82) is 0 Å². The molecule has 1 aromatic rings. The van der Waals surface area contributed by atoms with E-state index in [0.29, 0.717) is 37.2 Å². The van der Waals surface area contributed by atoms with Crippen molar-refractivity contribution in [1.82, 2.24) is 10.2 Å². The molecule has 1 saturated heterocycles. The molecular weight excluding hydrogens is 282 g/mol. The van der Waals surface area contributed by atoms with E-state index < -0.39 is 0 Å². The lowest BCUT2D eigenvalue weighted by Gasteiger charge is -2.33. The Labute approximate surface area is 130 Å². The molecule has 1 atom stereocenters. The standard InChI is InChI=1S/C16H23N3O3/c1-11(19-8-6-14(20)7-9-19)15(21)18-13-5-3-4-12(10-13)16(22)17-2/h3-5,10-11,14,20H,6-9H2,1-2H3,(H,17,22)(H,18,21). The van der Waals surface area contributed by atoms with Crippen LogP contribution in [0.5, 0.6) is 0 Å². The number of benzene rings is 1. The summed E-state index contributed by atoms with van der Waals surface area (Å²) in [6, 6.07) is 6.59. The largest absolute Gasteiger partial charge is 0.393 e. The van der Waals surface area contributed by atoms with Crippen molar-refractivity contribution in [3.8, 4) is 0 Å². The maximum Gasteiger partial charge on any atom is 0.251 e. The molecular formula is C16H23N3O3. The van der Waals surface area contributed by atoms with Gasteiger partial charge in [0, 0.05) is 31.4 Å². The first kappa shape index (κ1) is 16.5. The molecule has 0 aromatic heterocycles. The molecule has 6 heteroatoms. The molecule has 6 nitrogen and oxygen atoms in total. The molecule has 3 N–H and O–H groups in total. The van der Waals surface area contributed by atoms with E-state index in [0.717, 1.165) is 0 Å². The van der Waals surface area contributed by atoms with Crippen LogP contribution in [-0.4, -0.2) is 54.1 Å². The van der Waals surface area contributed by atoms with Gasteiger partial charge in [0.2, 0.25) is 5.91 Å². The highest BCUT2D eigenvalue weighted by Crippen LogP contribution is 2.15. The van der Waals surface area contributed by atoms with Crippen LogP contribution in [0.2, 0.25) is 0 Å². The number of hydrogen-bond donors (Lipinski definition) is 3. The van der Waals surface area contributed by atoms with Crippen LogP contribution in [0.1, 0.15) is 30.1 Å². The number of rotatable bonds is 4. The molecule has 1 aliphatic heterocycles. The number of nitrogens with one attached hydrogen (secondary N) is 2. The van der Waals surface area contributed by atoms with Gasteiger partial charge in [-0.1, -0.05) is 6.07 Å². The lowest BCUT2D eigenvalue weighted by atomic mass is 10.1. The normalized spacial score (nSPS) is 17.8. The average molecular weight is 305 g/mol. The highest BCUT2D eigenvalue weighted by Gasteiger charge is 2.25. The number of likely N-dealkylation sites (tertiary alicyclic amines) is 1. The first-order chi connectivity index (χ1) is 10.5. The summed E-state index contributed by atoms with van der Waals surface area (Å²) in [6.07, 6.45) is 1.14. The second-order valence-electron chi connectivity index (χ2n) is 5.59. The van der Waals surface area contributed by atoms with Gasteiger partial charge in [0.15, 0.2) is 0 Å². The maximum atomic E-state index is 12.3. The maximum absolute atomic E-state index is 12.3. The van der Waals surface area contributed by atoms with Crippen molar-refractivity contribution in [2.75, 3.05) is 25.5 Å². The van der Waals surface area contributed by atoms with E-state index in [1.54, 1.807) is 31.3 Å². The summed E-state index contributed by atoms with van der Waals surface area (Å²) in [4.78, 5) is 26.0. The molecule has 0 radical (unpaired) electrons. The number of aliphatic hydroxyl groups is 1. The zero-order chi connectivity index (χ0) is 16.1. The van der Waals surface area contributed by atoms with Crippen molar-refractivity contribution >= 4 is 17.5 Å². The molecule has 22 heavy (non-hydrogen) atoms. The van der Waals surface area contributed by atoms with Gasteiger partial charge in [0.1, 0.15) is 0 Å². The van der Waals surface area contributed by atoms with E-state index in [4.69, 9.17) is 0 Å². The monoisotopic (exact) mass is 305 g/mol. The summed E-state index contributed by atoms with van der Waals surface area (Å²) < 4.78 is 0. The van der Waals surface area contributed by atoms with Crippen LogP contribution in [0.4, 0.5) is 5.69 Å². The summed E-state index contributed by atoms with van der Waals surface area (Å²) in [7, 11) is 1.57. The minimum atomic E-state index is -0.267. The predicted molar refractivity (Wildman–Crippen MR) is 84.7 cm³/mol. The number of hydrogen-bond acceptors (Lipinski definition) is 4. The molecule has 0 spiro atoms. The van der Waals surface area contributed by atoms with Crippen LogP contribution in [-0.2, 0) is 4.79 Å². The van der Waals surface area contributed by atoms with Gasteiger partial charge in [-0.2, -0.15) is 0 Å². The van der Waals surface area contributed by atoms with Gasteiger partial charge in [-0.3, -0.25) is 14.5 Å². The fraction of sp³-hybridized carbons (Fsp3) is 0.500. The molecule has 0 bridgehead atoms. The van der Waals surface area contributed by atoms with Crippen molar-refractivity contribution in [3.05, 3.63) is 29.8 Å². The number of aliphatic hydroxyl groups excluding tert-OH is 1. The lowest BCUT2D eigenvalue weighted by molar-refractivity contribution is -0.121.